The van der Waals surface area contributed by atoms with Gasteiger partial charge in [-0.1, -0.05) is 13.8 Å². The van der Waals surface area contributed by atoms with E-state index in [9.17, 15) is 5.11 Å². The summed E-state index contributed by atoms with van der Waals surface area (Å²) in [4.78, 5) is 5.39. The Morgan fingerprint density at radius 1 is 1.00 bits per heavy atom. The summed E-state index contributed by atoms with van der Waals surface area (Å²) < 4.78 is 0. The predicted molar refractivity (Wildman–Crippen MR) is 92.0 cm³/mol. The minimum absolute atomic E-state index is 0.0155. The molecule has 1 spiro atoms. The van der Waals surface area contributed by atoms with E-state index in [1.54, 1.807) is 0 Å². The first-order valence-electron chi connectivity index (χ1n) is 9.67. The van der Waals surface area contributed by atoms with Crippen molar-refractivity contribution >= 4 is 0 Å². The van der Waals surface area contributed by atoms with E-state index < -0.39 is 0 Å². The van der Waals surface area contributed by atoms with Crippen LogP contribution in [0.1, 0.15) is 58.8 Å². The van der Waals surface area contributed by atoms with Gasteiger partial charge in [0.05, 0.1) is 6.10 Å². The normalized spacial score (nSPS) is 28.4. The number of hydrogen-bond donors (Lipinski definition) is 1. The van der Waals surface area contributed by atoms with E-state index in [1.807, 2.05) is 0 Å². The third kappa shape index (κ3) is 4.24. The van der Waals surface area contributed by atoms with Crippen molar-refractivity contribution in [2.75, 3.05) is 39.3 Å². The maximum absolute atomic E-state index is 9.58. The molecule has 3 nitrogen and oxygen atoms in total. The van der Waals surface area contributed by atoms with E-state index in [0.717, 1.165) is 24.7 Å². The Balaban J connectivity index is 1.32. The molecule has 22 heavy (non-hydrogen) atoms. The topological polar surface area (TPSA) is 26.7 Å². The van der Waals surface area contributed by atoms with Gasteiger partial charge in [0.25, 0.3) is 0 Å². The highest BCUT2D eigenvalue weighted by molar-refractivity contribution is 4.97. The fourth-order valence-corrected chi connectivity index (χ4v) is 4.76. The number of piperidine rings is 2. The van der Waals surface area contributed by atoms with Crippen molar-refractivity contribution in [2.45, 2.75) is 64.9 Å². The van der Waals surface area contributed by atoms with Crippen molar-refractivity contribution in [3.63, 3.8) is 0 Å². The summed E-state index contributed by atoms with van der Waals surface area (Å²) in [6, 6.07) is 0. The summed E-state index contributed by atoms with van der Waals surface area (Å²) in [6.45, 7) is 12.5. The molecule has 3 fully saturated rings. The fourth-order valence-electron chi connectivity index (χ4n) is 4.76. The number of aliphatic hydroxyl groups is 1. The third-order valence-electron chi connectivity index (χ3n) is 6.50. The Morgan fingerprint density at radius 3 is 2.18 bits per heavy atom. The Bertz CT molecular complexity index is 333. The van der Waals surface area contributed by atoms with Crippen LogP contribution in [0.3, 0.4) is 0 Å². The molecule has 2 heterocycles. The van der Waals surface area contributed by atoms with Crippen LogP contribution in [0.4, 0.5) is 0 Å². The molecule has 0 amide bonds. The first-order valence-corrected chi connectivity index (χ1v) is 9.67. The van der Waals surface area contributed by atoms with Crippen molar-refractivity contribution in [1.82, 2.24) is 9.80 Å². The van der Waals surface area contributed by atoms with Gasteiger partial charge in [0.15, 0.2) is 0 Å². The first kappa shape index (κ1) is 16.7. The van der Waals surface area contributed by atoms with Gasteiger partial charge in [-0.2, -0.15) is 0 Å². The second-order valence-corrected chi connectivity index (χ2v) is 8.83. The monoisotopic (exact) mass is 308 g/mol. The van der Waals surface area contributed by atoms with Crippen LogP contribution < -0.4 is 0 Å². The van der Waals surface area contributed by atoms with Gasteiger partial charge in [-0.25, -0.2) is 0 Å². The summed E-state index contributed by atoms with van der Waals surface area (Å²) in [5.41, 5.74) is 0.538. The molecule has 128 valence electrons. The highest BCUT2D eigenvalue weighted by atomic mass is 16.3. The number of hydrogen-bond acceptors (Lipinski definition) is 3. The van der Waals surface area contributed by atoms with Crippen LogP contribution in [-0.2, 0) is 0 Å². The maximum atomic E-state index is 9.58. The smallest absolute Gasteiger partial charge is 0.0550 e. The Labute approximate surface area is 137 Å². The average Bonchev–Trinajstić information content (AvgIpc) is 2.47. The van der Waals surface area contributed by atoms with Crippen LogP contribution in [0.15, 0.2) is 0 Å². The minimum Gasteiger partial charge on any atom is -0.393 e. The molecule has 0 unspecified atom stereocenters. The van der Waals surface area contributed by atoms with Gasteiger partial charge < -0.3 is 14.9 Å². The molecule has 0 radical (unpaired) electrons. The molecule has 0 bridgehead atoms. The van der Waals surface area contributed by atoms with Gasteiger partial charge in [0, 0.05) is 6.54 Å². The van der Waals surface area contributed by atoms with Crippen LogP contribution in [0, 0.1) is 17.3 Å². The summed E-state index contributed by atoms with van der Waals surface area (Å²) in [5.74, 6) is 1.76. The summed E-state index contributed by atoms with van der Waals surface area (Å²) in [6.07, 6.45) is 8.99. The standard InChI is InChI=1S/C19H36N2O/c1-16(2)3-8-20-9-4-17(5-10-20)15-21-11-6-19(7-12-21)13-18(22)14-19/h16-18,22H,3-15H2,1-2H3. The summed E-state index contributed by atoms with van der Waals surface area (Å²) in [5, 5.41) is 9.58. The first-order chi connectivity index (χ1) is 10.5. The molecule has 1 aliphatic carbocycles. The zero-order valence-electron chi connectivity index (χ0n) is 14.8. The van der Waals surface area contributed by atoms with E-state index in [-0.39, 0.29) is 6.10 Å². The van der Waals surface area contributed by atoms with Gasteiger partial charge in [-0.15, -0.1) is 0 Å². The molecular formula is C19H36N2O. The van der Waals surface area contributed by atoms with Gasteiger partial charge in [0.2, 0.25) is 0 Å². The lowest BCUT2D eigenvalue weighted by Gasteiger charge is -2.51. The van der Waals surface area contributed by atoms with Crippen molar-refractivity contribution in [1.29, 1.82) is 0 Å². The van der Waals surface area contributed by atoms with Gasteiger partial charge in [-0.05, 0) is 94.9 Å². The molecular weight excluding hydrogens is 272 g/mol. The molecule has 2 aliphatic heterocycles. The highest BCUT2D eigenvalue weighted by Crippen LogP contribution is 2.49. The molecule has 0 atom stereocenters. The molecule has 2 saturated heterocycles. The van der Waals surface area contributed by atoms with Crippen molar-refractivity contribution in [3.05, 3.63) is 0 Å². The fraction of sp³-hybridized carbons (Fsp3) is 1.00. The molecule has 1 N–H and O–H groups in total. The molecule has 3 heteroatoms. The van der Waals surface area contributed by atoms with Gasteiger partial charge in [-0.3, -0.25) is 0 Å². The van der Waals surface area contributed by atoms with Crippen LogP contribution in [-0.4, -0.2) is 60.3 Å². The Kier molecular flexibility index (Phi) is 5.47. The predicted octanol–water partition coefficient (Wildman–Crippen LogP) is 2.98. The average molecular weight is 309 g/mol. The number of likely N-dealkylation sites (tertiary alicyclic amines) is 2. The van der Waals surface area contributed by atoms with Crippen molar-refractivity contribution in [3.8, 4) is 0 Å². The zero-order chi connectivity index (χ0) is 15.6. The second kappa shape index (κ2) is 7.19. The second-order valence-electron chi connectivity index (χ2n) is 8.83. The van der Waals surface area contributed by atoms with E-state index in [2.05, 4.69) is 23.6 Å². The molecule has 3 aliphatic rings. The van der Waals surface area contributed by atoms with E-state index in [4.69, 9.17) is 0 Å². The Hall–Kier alpha value is -0.120. The molecule has 1 saturated carbocycles. The molecule has 0 aromatic heterocycles. The van der Waals surface area contributed by atoms with Crippen LogP contribution >= 0.6 is 0 Å². The lowest BCUT2D eigenvalue weighted by Crippen LogP contribution is -2.50. The van der Waals surface area contributed by atoms with Crippen LogP contribution in [0.5, 0.6) is 0 Å². The third-order valence-corrected chi connectivity index (χ3v) is 6.50. The minimum atomic E-state index is 0.0155. The number of nitrogens with zero attached hydrogens (tertiary/aromatic N) is 2. The zero-order valence-corrected chi connectivity index (χ0v) is 14.8. The summed E-state index contributed by atoms with van der Waals surface area (Å²) >= 11 is 0. The number of aliphatic hydroxyl groups excluding tert-OH is 1. The summed E-state index contributed by atoms with van der Waals surface area (Å²) in [7, 11) is 0. The largest absolute Gasteiger partial charge is 0.393 e. The Morgan fingerprint density at radius 2 is 1.64 bits per heavy atom. The molecule has 3 rings (SSSR count). The lowest BCUT2D eigenvalue weighted by molar-refractivity contribution is -0.0701. The van der Waals surface area contributed by atoms with Crippen LogP contribution in [0.25, 0.3) is 0 Å². The van der Waals surface area contributed by atoms with E-state index in [1.165, 1.54) is 71.4 Å². The lowest BCUT2D eigenvalue weighted by atomic mass is 9.61. The van der Waals surface area contributed by atoms with E-state index in [0.29, 0.717) is 5.41 Å². The highest BCUT2D eigenvalue weighted by Gasteiger charge is 2.45. The molecule has 0 aromatic carbocycles. The quantitative estimate of drug-likeness (QED) is 0.846. The van der Waals surface area contributed by atoms with Crippen LogP contribution in [0.2, 0.25) is 0 Å². The SMILES string of the molecule is CC(C)CCN1CCC(CN2CCC3(CC2)CC(O)C3)CC1. The van der Waals surface area contributed by atoms with E-state index >= 15 is 0 Å². The maximum Gasteiger partial charge on any atom is 0.0550 e. The van der Waals surface area contributed by atoms with Gasteiger partial charge in [0.1, 0.15) is 0 Å². The van der Waals surface area contributed by atoms with Crippen molar-refractivity contribution in [2.24, 2.45) is 17.3 Å². The molecule has 0 aromatic rings. The van der Waals surface area contributed by atoms with Crippen molar-refractivity contribution < 1.29 is 5.11 Å². The van der Waals surface area contributed by atoms with Gasteiger partial charge >= 0.3 is 0 Å². The number of rotatable bonds is 5.